The molecule has 0 aliphatic heterocycles. The predicted molar refractivity (Wildman–Crippen MR) is 77.2 cm³/mol. The average Bonchev–Trinajstić information content (AvgIpc) is 2.69. The maximum atomic E-state index is 13.0. The summed E-state index contributed by atoms with van der Waals surface area (Å²) in [6.45, 7) is 5.34. The van der Waals surface area contributed by atoms with Crippen LogP contribution in [0, 0.1) is 13.8 Å². The topological polar surface area (TPSA) is 38.1 Å². The van der Waals surface area contributed by atoms with Crippen LogP contribution in [0.25, 0.3) is 0 Å². The van der Waals surface area contributed by atoms with Gasteiger partial charge in [0.15, 0.2) is 0 Å². The van der Waals surface area contributed by atoms with E-state index in [2.05, 4.69) is 26.2 Å². The largest absolute Gasteiger partial charge is 0.466 e. The minimum atomic E-state index is -4.47. The van der Waals surface area contributed by atoms with E-state index in [0.29, 0.717) is 5.76 Å². The molecule has 2 rings (SSSR count). The second kappa shape index (κ2) is 5.71. The monoisotopic (exact) mass is 362 g/mol. The minimum Gasteiger partial charge on any atom is -0.466 e. The Kier molecular flexibility index (Phi) is 4.32. The first kappa shape index (κ1) is 15.9. The number of halogens is 4. The van der Waals surface area contributed by atoms with Gasteiger partial charge >= 0.3 is 6.18 Å². The van der Waals surface area contributed by atoms with Crippen LogP contribution in [0.15, 0.2) is 27.2 Å². The molecule has 0 aliphatic rings. The number of hydrogen-bond acceptors (Lipinski definition) is 3. The third kappa shape index (κ3) is 3.58. The summed E-state index contributed by atoms with van der Waals surface area (Å²) in [6.07, 6.45) is -3.14. The summed E-state index contributed by atoms with van der Waals surface area (Å²) in [6, 6.07) is 2.46. The Hall–Kier alpha value is -1.50. The van der Waals surface area contributed by atoms with E-state index < -0.39 is 11.7 Å². The highest BCUT2D eigenvalue weighted by Gasteiger charge is 2.35. The summed E-state index contributed by atoms with van der Waals surface area (Å²) >= 11 is 3.01. The van der Waals surface area contributed by atoms with Crippen LogP contribution in [0.3, 0.4) is 0 Å². The molecule has 0 fully saturated rings. The lowest BCUT2D eigenvalue weighted by Gasteiger charge is -2.18. The molecule has 7 heteroatoms. The fraction of sp³-hybridized carbons (Fsp3) is 0.357. The molecule has 2 aromatic rings. The zero-order valence-electron chi connectivity index (χ0n) is 11.7. The zero-order chi connectivity index (χ0) is 15.8. The van der Waals surface area contributed by atoms with Gasteiger partial charge in [-0.3, -0.25) is 0 Å². The number of hydrogen-bond donors (Lipinski definition) is 1. The minimum absolute atomic E-state index is 0.198. The molecule has 0 bridgehead atoms. The highest BCUT2D eigenvalue weighted by molar-refractivity contribution is 9.10. The van der Waals surface area contributed by atoms with E-state index in [9.17, 15) is 13.2 Å². The number of nitrogens with zero attached hydrogens (tertiary/aromatic N) is 1. The highest BCUT2D eigenvalue weighted by atomic mass is 79.9. The Morgan fingerprint density at radius 2 is 1.95 bits per heavy atom. The summed E-state index contributed by atoms with van der Waals surface area (Å²) in [5, 5.41) is 2.80. The van der Waals surface area contributed by atoms with Gasteiger partial charge in [0.1, 0.15) is 17.3 Å². The molecule has 1 unspecified atom stereocenters. The molecule has 114 valence electrons. The van der Waals surface area contributed by atoms with Crippen LogP contribution in [-0.2, 0) is 6.18 Å². The SMILES string of the molecule is Cc1cc(C(C)Nc2ncc(Br)cc2C(F)(F)F)c(C)o1. The van der Waals surface area contributed by atoms with E-state index in [1.165, 1.54) is 6.20 Å². The number of pyridine rings is 1. The molecular formula is C14H14BrF3N2O. The quantitative estimate of drug-likeness (QED) is 0.810. The van der Waals surface area contributed by atoms with Gasteiger partial charge in [-0.15, -0.1) is 0 Å². The lowest BCUT2D eigenvalue weighted by atomic mass is 10.1. The second-order valence-corrected chi connectivity index (χ2v) is 5.70. The molecule has 2 heterocycles. The van der Waals surface area contributed by atoms with Crippen LogP contribution < -0.4 is 5.32 Å². The van der Waals surface area contributed by atoms with Gasteiger partial charge in [0, 0.05) is 16.2 Å². The van der Waals surface area contributed by atoms with Gasteiger partial charge in [0.05, 0.1) is 11.6 Å². The number of anilines is 1. The van der Waals surface area contributed by atoms with E-state index >= 15 is 0 Å². The maximum absolute atomic E-state index is 13.0. The van der Waals surface area contributed by atoms with Gasteiger partial charge in [-0.05, 0) is 48.8 Å². The van der Waals surface area contributed by atoms with Gasteiger partial charge < -0.3 is 9.73 Å². The van der Waals surface area contributed by atoms with Crippen molar-refractivity contribution in [1.82, 2.24) is 4.98 Å². The van der Waals surface area contributed by atoms with Crippen molar-refractivity contribution in [2.45, 2.75) is 33.0 Å². The first-order valence-electron chi connectivity index (χ1n) is 6.24. The van der Waals surface area contributed by atoms with Crippen LogP contribution in [0.2, 0.25) is 0 Å². The molecule has 0 saturated heterocycles. The van der Waals surface area contributed by atoms with Gasteiger partial charge in [-0.1, -0.05) is 0 Å². The molecule has 0 aliphatic carbocycles. The Bertz CT molecular complexity index is 652. The number of aromatic nitrogens is 1. The number of alkyl halides is 3. The number of rotatable bonds is 3. The molecule has 3 nitrogen and oxygen atoms in total. The van der Waals surface area contributed by atoms with Crippen molar-refractivity contribution >= 4 is 21.7 Å². The van der Waals surface area contributed by atoms with Crippen LogP contribution in [-0.4, -0.2) is 4.98 Å². The van der Waals surface area contributed by atoms with Crippen molar-refractivity contribution in [2.24, 2.45) is 0 Å². The maximum Gasteiger partial charge on any atom is 0.419 e. The Balaban J connectivity index is 2.33. The smallest absolute Gasteiger partial charge is 0.419 e. The van der Waals surface area contributed by atoms with E-state index in [4.69, 9.17) is 4.42 Å². The van der Waals surface area contributed by atoms with Gasteiger partial charge in [0.25, 0.3) is 0 Å². The van der Waals surface area contributed by atoms with Crippen molar-refractivity contribution in [3.63, 3.8) is 0 Å². The number of aryl methyl sites for hydroxylation is 2. The van der Waals surface area contributed by atoms with Crippen LogP contribution in [0.1, 0.15) is 35.6 Å². The van der Waals surface area contributed by atoms with E-state index in [1.54, 1.807) is 26.8 Å². The van der Waals surface area contributed by atoms with Crippen molar-refractivity contribution < 1.29 is 17.6 Å². The summed E-state index contributed by atoms with van der Waals surface area (Å²) in [5.41, 5.74) is 0.00642. The van der Waals surface area contributed by atoms with E-state index in [-0.39, 0.29) is 16.3 Å². The van der Waals surface area contributed by atoms with Crippen molar-refractivity contribution in [2.75, 3.05) is 5.32 Å². The Morgan fingerprint density at radius 3 is 2.48 bits per heavy atom. The van der Waals surface area contributed by atoms with Crippen LogP contribution in [0.5, 0.6) is 0 Å². The lowest BCUT2D eigenvalue weighted by Crippen LogP contribution is -2.15. The van der Waals surface area contributed by atoms with Crippen molar-refractivity contribution in [3.05, 3.63) is 45.4 Å². The Labute approximate surface area is 128 Å². The molecule has 21 heavy (non-hydrogen) atoms. The normalized spacial score (nSPS) is 13.3. The first-order valence-corrected chi connectivity index (χ1v) is 7.04. The first-order chi connectivity index (χ1) is 9.68. The molecule has 2 aromatic heterocycles. The van der Waals surface area contributed by atoms with E-state index in [0.717, 1.165) is 17.4 Å². The summed E-state index contributed by atoms with van der Waals surface area (Å²) in [7, 11) is 0. The van der Waals surface area contributed by atoms with Gasteiger partial charge in [-0.2, -0.15) is 13.2 Å². The molecule has 0 spiro atoms. The molecule has 0 amide bonds. The molecule has 1 N–H and O–H groups in total. The Morgan fingerprint density at radius 1 is 1.29 bits per heavy atom. The standard InChI is InChI=1S/C14H14BrF3N2O/c1-7-4-11(9(3)21-7)8(2)20-13-12(14(16,17)18)5-10(15)6-19-13/h4-6,8H,1-3H3,(H,19,20). The van der Waals surface area contributed by atoms with Gasteiger partial charge in [-0.25, -0.2) is 4.98 Å². The molecule has 0 radical (unpaired) electrons. The number of nitrogens with one attached hydrogen (secondary N) is 1. The predicted octanol–water partition coefficient (Wildman–Crippen LogP) is 5.25. The molecular weight excluding hydrogens is 349 g/mol. The number of furan rings is 1. The van der Waals surface area contributed by atoms with Crippen molar-refractivity contribution in [1.29, 1.82) is 0 Å². The molecule has 0 saturated carbocycles. The second-order valence-electron chi connectivity index (χ2n) is 4.78. The highest BCUT2D eigenvalue weighted by Crippen LogP contribution is 2.36. The van der Waals surface area contributed by atoms with E-state index in [1.807, 2.05) is 0 Å². The fourth-order valence-corrected chi connectivity index (χ4v) is 2.46. The molecule has 0 aromatic carbocycles. The summed E-state index contributed by atoms with van der Waals surface area (Å²) in [5.74, 6) is 1.20. The fourth-order valence-electron chi connectivity index (χ4n) is 2.13. The van der Waals surface area contributed by atoms with Gasteiger partial charge in [0.2, 0.25) is 0 Å². The lowest BCUT2D eigenvalue weighted by molar-refractivity contribution is -0.137. The summed E-state index contributed by atoms with van der Waals surface area (Å²) < 4.78 is 44.8. The van der Waals surface area contributed by atoms with Crippen LogP contribution >= 0.6 is 15.9 Å². The third-order valence-corrected chi connectivity index (χ3v) is 3.49. The zero-order valence-corrected chi connectivity index (χ0v) is 13.3. The third-order valence-electron chi connectivity index (χ3n) is 3.06. The molecule has 1 atom stereocenters. The van der Waals surface area contributed by atoms with Crippen molar-refractivity contribution in [3.8, 4) is 0 Å². The average molecular weight is 363 g/mol. The summed E-state index contributed by atoms with van der Waals surface area (Å²) in [4.78, 5) is 3.84. The van der Waals surface area contributed by atoms with Crippen LogP contribution in [0.4, 0.5) is 19.0 Å².